The highest BCUT2D eigenvalue weighted by atomic mass is 16.6. The Morgan fingerprint density at radius 3 is 2.39 bits per heavy atom. The van der Waals surface area contributed by atoms with Crippen LogP contribution >= 0.6 is 0 Å². The lowest BCUT2D eigenvalue weighted by Crippen LogP contribution is -2.50. The third-order valence-electron chi connectivity index (χ3n) is 6.82. The average molecular weight is 462 g/mol. The molecule has 3 rings (SSSR count). The molecule has 1 saturated heterocycles. The van der Waals surface area contributed by atoms with Crippen LogP contribution in [0.25, 0.3) is 0 Å². The second kappa shape index (κ2) is 8.78. The quantitative estimate of drug-likeness (QED) is 0.282. The highest BCUT2D eigenvalue weighted by Gasteiger charge is 2.57. The predicted octanol–water partition coefficient (Wildman–Crippen LogP) is 1.78. The lowest BCUT2D eigenvalue weighted by atomic mass is 9.80. The third kappa shape index (κ3) is 4.46. The van der Waals surface area contributed by atoms with Crippen LogP contribution in [0.3, 0.4) is 0 Å². The average Bonchev–Trinajstić information content (AvgIpc) is 3.12. The number of rotatable bonds is 5. The van der Waals surface area contributed by atoms with Crippen molar-refractivity contribution < 1.29 is 43.2 Å². The van der Waals surface area contributed by atoms with Crippen LogP contribution in [0.2, 0.25) is 0 Å². The summed E-state index contributed by atoms with van der Waals surface area (Å²) >= 11 is 0. The topological polar surface area (TPSA) is 125 Å². The van der Waals surface area contributed by atoms with Crippen molar-refractivity contribution in [1.82, 2.24) is 0 Å². The van der Waals surface area contributed by atoms with Crippen LogP contribution in [-0.4, -0.2) is 59.0 Å². The first kappa shape index (κ1) is 24.7. The number of ether oxygens (including phenoxy) is 4. The Labute approximate surface area is 192 Å². The molecular weight excluding hydrogens is 432 g/mol. The summed E-state index contributed by atoms with van der Waals surface area (Å²) in [4.78, 5) is 48.2. The standard InChI is InChI=1S/C24H30O9/c1-10-8-18(32-23(28)24(7,29)13(4)30-14(5)25)20-12(3)22(27)33-21(20)19-11(2)17(9-16(10)19)31-15(6)26/h8,13,16-21,29H,2-3,9H2,1,4-7H3/t13?,16?,17-,18+,19?,20+,21-,24?/m0/s1. The third-order valence-corrected chi connectivity index (χ3v) is 6.82. The summed E-state index contributed by atoms with van der Waals surface area (Å²) in [7, 11) is 0. The lowest BCUT2D eigenvalue weighted by molar-refractivity contribution is -0.186. The molecule has 0 bridgehead atoms. The Bertz CT molecular complexity index is 944. The van der Waals surface area contributed by atoms with Gasteiger partial charge in [0, 0.05) is 25.3 Å². The van der Waals surface area contributed by atoms with E-state index in [9.17, 15) is 24.3 Å². The second-order valence-corrected chi connectivity index (χ2v) is 9.14. The molecule has 2 fully saturated rings. The molecule has 0 aromatic rings. The summed E-state index contributed by atoms with van der Waals surface area (Å²) in [5.41, 5.74) is -0.513. The molecule has 180 valence electrons. The Balaban J connectivity index is 1.94. The number of carbonyl (C=O) groups excluding carboxylic acids is 4. The smallest absolute Gasteiger partial charge is 0.342 e. The van der Waals surface area contributed by atoms with E-state index in [0.29, 0.717) is 12.0 Å². The van der Waals surface area contributed by atoms with Crippen molar-refractivity contribution in [2.75, 3.05) is 0 Å². The SMILES string of the molecule is C=C1C(=O)O[C@H]2C3C(=C)[C@@H](OC(C)=O)CC3C(C)=C[C@@H](OC(=O)C(C)(O)C(C)OC(C)=O)[C@@H]12. The summed E-state index contributed by atoms with van der Waals surface area (Å²) in [6.45, 7) is 14.9. The van der Waals surface area contributed by atoms with Gasteiger partial charge in [-0.15, -0.1) is 0 Å². The van der Waals surface area contributed by atoms with Crippen LogP contribution < -0.4 is 0 Å². The van der Waals surface area contributed by atoms with Crippen LogP contribution in [0.1, 0.15) is 41.0 Å². The highest BCUT2D eigenvalue weighted by Crippen LogP contribution is 2.52. The number of fused-ring (bicyclic) bond motifs is 3. The molecule has 0 aromatic carbocycles. The van der Waals surface area contributed by atoms with E-state index >= 15 is 0 Å². The minimum Gasteiger partial charge on any atom is -0.459 e. The maximum atomic E-state index is 12.9. The summed E-state index contributed by atoms with van der Waals surface area (Å²) < 4.78 is 21.7. The molecule has 2 aliphatic carbocycles. The van der Waals surface area contributed by atoms with E-state index in [1.54, 1.807) is 6.08 Å². The Kier molecular flexibility index (Phi) is 6.57. The van der Waals surface area contributed by atoms with Crippen molar-refractivity contribution in [3.8, 4) is 0 Å². The maximum Gasteiger partial charge on any atom is 0.342 e. The van der Waals surface area contributed by atoms with Gasteiger partial charge in [0.05, 0.1) is 5.92 Å². The second-order valence-electron chi connectivity index (χ2n) is 9.14. The molecular formula is C24H30O9. The zero-order chi connectivity index (χ0) is 24.8. The van der Waals surface area contributed by atoms with E-state index < -0.39 is 59.8 Å². The van der Waals surface area contributed by atoms with Gasteiger partial charge in [-0.2, -0.15) is 0 Å². The Morgan fingerprint density at radius 2 is 1.82 bits per heavy atom. The number of carbonyl (C=O) groups is 4. The molecule has 1 saturated carbocycles. The van der Waals surface area contributed by atoms with Gasteiger partial charge in [-0.05, 0) is 44.8 Å². The van der Waals surface area contributed by atoms with Crippen LogP contribution in [-0.2, 0) is 38.1 Å². The van der Waals surface area contributed by atoms with Crippen LogP contribution in [0.5, 0.6) is 0 Å². The zero-order valence-corrected chi connectivity index (χ0v) is 19.5. The number of esters is 4. The zero-order valence-electron chi connectivity index (χ0n) is 19.5. The van der Waals surface area contributed by atoms with Crippen LogP contribution in [0.4, 0.5) is 0 Å². The minimum atomic E-state index is -2.13. The number of aliphatic hydroxyl groups is 1. The maximum absolute atomic E-state index is 12.9. The Morgan fingerprint density at radius 1 is 1.18 bits per heavy atom. The fourth-order valence-corrected chi connectivity index (χ4v) is 4.89. The first-order chi connectivity index (χ1) is 15.2. The van der Waals surface area contributed by atoms with Gasteiger partial charge in [0.2, 0.25) is 0 Å². The summed E-state index contributed by atoms with van der Waals surface area (Å²) in [5, 5.41) is 10.7. The van der Waals surface area contributed by atoms with Crippen molar-refractivity contribution >= 4 is 23.9 Å². The van der Waals surface area contributed by atoms with Gasteiger partial charge < -0.3 is 24.1 Å². The van der Waals surface area contributed by atoms with Crippen molar-refractivity contribution in [2.24, 2.45) is 17.8 Å². The monoisotopic (exact) mass is 462 g/mol. The van der Waals surface area contributed by atoms with E-state index in [-0.39, 0.29) is 17.4 Å². The fourth-order valence-electron chi connectivity index (χ4n) is 4.89. The fraction of sp³-hybridized carbons (Fsp3) is 0.583. The molecule has 3 aliphatic rings. The molecule has 0 aromatic heterocycles. The molecule has 1 N–H and O–H groups in total. The van der Waals surface area contributed by atoms with Crippen LogP contribution in [0, 0.1) is 17.8 Å². The number of allylic oxidation sites excluding steroid dienone is 1. The van der Waals surface area contributed by atoms with Crippen LogP contribution in [0.15, 0.2) is 36.0 Å². The molecule has 1 heterocycles. The molecule has 4 unspecified atom stereocenters. The predicted molar refractivity (Wildman–Crippen MR) is 114 cm³/mol. The first-order valence-electron chi connectivity index (χ1n) is 10.8. The van der Waals surface area contributed by atoms with Crippen molar-refractivity contribution in [3.05, 3.63) is 36.0 Å². The minimum absolute atomic E-state index is 0.138. The molecule has 0 spiro atoms. The lowest BCUT2D eigenvalue weighted by Gasteiger charge is -2.32. The van der Waals surface area contributed by atoms with E-state index in [1.807, 2.05) is 6.92 Å². The molecule has 9 heteroatoms. The van der Waals surface area contributed by atoms with Crippen molar-refractivity contribution in [3.63, 3.8) is 0 Å². The van der Waals surface area contributed by atoms with Gasteiger partial charge in [0.15, 0.2) is 5.60 Å². The Hall–Kier alpha value is -2.94. The first-order valence-corrected chi connectivity index (χ1v) is 10.8. The van der Waals surface area contributed by atoms with Gasteiger partial charge in [-0.25, -0.2) is 9.59 Å². The normalized spacial score (nSPS) is 33.5. The van der Waals surface area contributed by atoms with Gasteiger partial charge in [-0.3, -0.25) is 9.59 Å². The highest BCUT2D eigenvalue weighted by molar-refractivity contribution is 5.91. The molecule has 0 radical (unpaired) electrons. The van der Waals surface area contributed by atoms with E-state index in [0.717, 1.165) is 5.57 Å². The summed E-state index contributed by atoms with van der Waals surface area (Å²) in [5.74, 6) is -3.95. The summed E-state index contributed by atoms with van der Waals surface area (Å²) in [6.07, 6.45) is -1.20. The number of hydrogen-bond donors (Lipinski definition) is 1. The van der Waals surface area contributed by atoms with Gasteiger partial charge in [0.1, 0.15) is 24.4 Å². The molecule has 8 atom stereocenters. The van der Waals surface area contributed by atoms with Gasteiger partial charge in [-0.1, -0.05) is 18.7 Å². The van der Waals surface area contributed by atoms with Crippen molar-refractivity contribution in [1.29, 1.82) is 0 Å². The van der Waals surface area contributed by atoms with E-state index in [1.165, 1.54) is 27.7 Å². The molecule has 33 heavy (non-hydrogen) atoms. The largest absolute Gasteiger partial charge is 0.459 e. The van der Waals surface area contributed by atoms with Crippen molar-refractivity contribution in [2.45, 2.75) is 71.1 Å². The molecule has 1 aliphatic heterocycles. The molecule has 0 amide bonds. The molecule has 9 nitrogen and oxygen atoms in total. The van der Waals surface area contributed by atoms with E-state index in [2.05, 4.69) is 13.2 Å². The summed E-state index contributed by atoms with van der Waals surface area (Å²) in [6, 6.07) is 0. The van der Waals surface area contributed by atoms with Gasteiger partial charge in [0.25, 0.3) is 0 Å². The van der Waals surface area contributed by atoms with E-state index in [4.69, 9.17) is 18.9 Å². The number of hydrogen-bond acceptors (Lipinski definition) is 9. The van der Waals surface area contributed by atoms with Gasteiger partial charge >= 0.3 is 23.9 Å².